The third-order valence-corrected chi connectivity index (χ3v) is 6.01. The molecule has 1 aromatic rings. The number of halogens is 4. The zero-order valence-corrected chi connectivity index (χ0v) is 18.1. The number of alkyl halides is 2. The Balaban J connectivity index is 1.30. The lowest BCUT2D eigenvalue weighted by molar-refractivity contribution is -0.207. The van der Waals surface area contributed by atoms with Crippen LogP contribution in [0.4, 0.5) is 13.2 Å². The van der Waals surface area contributed by atoms with Crippen LogP contribution in [0, 0.1) is 5.82 Å². The number of nitrogens with one attached hydrogen (secondary N) is 2. The van der Waals surface area contributed by atoms with Crippen molar-refractivity contribution < 1.29 is 37.0 Å². The van der Waals surface area contributed by atoms with Crippen LogP contribution in [0.5, 0.6) is 5.75 Å². The third kappa shape index (κ3) is 7.25. The fourth-order valence-electron chi connectivity index (χ4n) is 3.68. The quantitative estimate of drug-likeness (QED) is 0.482. The van der Waals surface area contributed by atoms with Crippen molar-refractivity contribution in [3.8, 4) is 5.75 Å². The third-order valence-electron chi connectivity index (χ3n) is 5.70. The van der Waals surface area contributed by atoms with E-state index in [-0.39, 0.29) is 41.9 Å². The second-order valence-electron chi connectivity index (χ2n) is 8.07. The van der Waals surface area contributed by atoms with Gasteiger partial charge < -0.3 is 24.8 Å². The normalized spacial score (nSPS) is 21.4. The van der Waals surface area contributed by atoms with Gasteiger partial charge in [-0.2, -0.15) is 8.78 Å². The van der Waals surface area contributed by atoms with E-state index >= 15 is 0 Å². The molecule has 11 heteroatoms. The van der Waals surface area contributed by atoms with Crippen LogP contribution in [0.3, 0.4) is 0 Å². The zero-order chi connectivity index (χ0) is 23.1. The SMILES string of the molecule is O=C(COC1CC(OC(F)F)C1)NCCC1(NC(=O)COc2ccc(Cl)c(F)c2)CCC1. The smallest absolute Gasteiger partial charge is 0.345 e. The Bertz CT molecular complexity index is 804. The summed E-state index contributed by atoms with van der Waals surface area (Å²) in [7, 11) is 0. The molecule has 2 aliphatic carbocycles. The van der Waals surface area contributed by atoms with E-state index in [0.29, 0.717) is 25.8 Å². The van der Waals surface area contributed by atoms with E-state index in [1.165, 1.54) is 12.1 Å². The van der Waals surface area contributed by atoms with Crippen LogP contribution >= 0.6 is 11.6 Å². The van der Waals surface area contributed by atoms with E-state index in [1.807, 2.05) is 0 Å². The van der Waals surface area contributed by atoms with Gasteiger partial charge in [0.2, 0.25) is 5.91 Å². The van der Waals surface area contributed by atoms with E-state index in [1.54, 1.807) is 0 Å². The number of benzene rings is 1. The molecule has 2 amide bonds. The summed E-state index contributed by atoms with van der Waals surface area (Å²) < 4.78 is 52.6. The largest absolute Gasteiger partial charge is 0.484 e. The number of amides is 2. The minimum Gasteiger partial charge on any atom is -0.484 e. The molecule has 2 saturated carbocycles. The van der Waals surface area contributed by atoms with Gasteiger partial charge in [0.15, 0.2) is 6.61 Å². The molecule has 32 heavy (non-hydrogen) atoms. The van der Waals surface area contributed by atoms with Crippen molar-refractivity contribution in [2.45, 2.75) is 62.9 Å². The van der Waals surface area contributed by atoms with Crippen LogP contribution in [-0.2, 0) is 19.1 Å². The lowest BCUT2D eigenvalue weighted by Crippen LogP contribution is -2.56. The number of carbonyl (C=O) groups is 2. The number of rotatable bonds is 12. The Morgan fingerprint density at radius 2 is 1.91 bits per heavy atom. The standard InChI is InChI=1S/C21H26ClF3N2O5/c22-16-3-2-13(10-17(16)23)30-12-19(29)27-21(4-1-5-21)6-7-26-18(28)11-31-14-8-15(9-14)32-20(24)25/h2-3,10,14-15,20H,1,4-9,11-12H2,(H,26,28)(H,27,29). The van der Waals surface area contributed by atoms with Gasteiger partial charge in [0.1, 0.15) is 18.2 Å². The van der Waals surface area contributed by atoms with Gasteiger partial charge in [-0.1, -0.05) is 11.6 Å². The van der Waals surface area contributed by atoms with Crippen LogP contribution in [-0.4, -0.2) is 55.9 Å². The van der Waals surface area contributed by atoms with Gasteiger partial charge in [-0.05, 0) is 37.8 Å². The highest BCUT2D eigenvalue weighted by molar-refractivity contribution is 6.30. The molecular weight excluding hydrogens is 453 g/mol. The van der Waals surface area contributed by atoms with Crippen LogP contribution in [0.25, 0.3) is 0 Å². The molecule has 7 nitrogen and oxygen atoms in total. The molecule has 0 atom stereocenters. The maximum absolute atomic E-state index is 13.4. The summed E-state index contributed by atoms with van der Waals surface area (Å²) in [6.45, 7) is -2.86. The van der Waals surface area contributed by atoms with Crippen LogP contribution in [0.2, 0.25) is 5.02 Å². The number of carbonyl (C=O) groups excluding carboxylic acids is 2. The summed E-state index contributed by atoms with van der Waals surface area (Å²) in [6.07, 6.45) is 3.00. The highest BCUT2D eigenvalue weighted by Crippen LogP contribution is 2.34. The second-order valence-corrected chi connectivity index (χ2v) is 8.48. The zero-order valence-electron chi connectivity index (χ0n) is 17.4. The molecule has 2 aliphatic rings. The van der Waals surface area contributed by atoms with Crippen molar-refractivity contribution >= 4 is 23.4 Å². The van der Waals surface area contributed by atoms with Crippen molar-refractivity contribution in [1.29, 1.82) is 0 Å². The Hall–Kier alpha value is -2.04. The molecule has 0 spiro atoms. The first-order valence-corrected chi connectivity index (χ1v) is 10.8. The average molecular weight is 479 g/mol. The van der Waals surface area contributed by atoms with Crippen molar-refractivity contribution in [1.82, 2.24) is 10.6 Å². The maximum atomic E-state index is 13.4. The molecule has 0 bridgehead atoms. The molecule has 0 aromatic heterocycles. The number of ether oxygens (including phenoxy) is 3. The Morgan fingerprint density at radius 1 is 1.16 bits per heavy atom. The van der Waals surface area contributed by atoms with Crippen molar-refractivity contribution in [3.63, 3.8) is 0 Å². The van der Waals surface area contributed by atoms with Gasteiger partial charge in [0.25, 0.3) is 5.91 Å². The Kier molecular flexibility index (Phi) is 8.61. The first kappa shape index (κ1) is 24.6. The first-order valence-electron chi connectivity index (χ1n) is 10.5. The predicted molar refractivity (Wildman–Crippen MR) is 109 cm³/mol. The first-order chi connectivity index (χ1) is 15.2. The molecule has 2 fully saturated rings. The van der Waals surface area contributed by atoms with E-state index < -0.39 is 24.1 Å². The molecule has 178 valence electrons. The summed E-state index contributed by atoms with van der Waals surface area (Å²) in [5, 5.41) is 5.66. The van der Waals surface area contributed by atoms with Gasteiger partial charge in [0, 0.05) is 31.0 Å². The van der Waals surface area contributed by atoms with Gasteiger partial charge in [-0.3, -0.25) is 9.59 Å². The van der Waals surface area contributed by atoms with Gasteiger partial charge in [0.05, 0.1) is 17.2 Å². The van der Waals surface area contributed by atoms with Gasteiger partial charge in [-0.15, -0.1) is 0 Å². The molecule has 1 aromatic carbocycles. The molecular formula is C21H26ClF3N2O5. The fraction of sp³-hybridized carbons (Fsp3) is 0.619. The van der Waals surface area contributed by atoms with E-state index in [4.69, 9.17) is 21.1 Å². The second kappa shape index (κ2) is 11.2. The minimum atomic E-state index is -2.80. The number of hydrogen-bond donors (Lipinski definition) is 2. The Labute approximate surface area is 188 Å². The molecule has 2 N–H and O–H groups in total. The highest BCUT2D eigenvalue weighted by Gasteiger charge is 2.38. The molecule has 0 unspecified atom stereocenters. The highest BCUT2D eigenvalue weighted by atomic mass is 35.5. The summed E-state index contributed by atoms with van der Waals surface area (Å²) in [6, 6.07) is 3.94. The van der Waals surface area contributed by atoms with E-state index in [2.05, 4.69) is 15.4 Å². The van der Waals surface area contributed by atoms with Gasteiger partial charge in [-0.25, -0.2) is 4.39 Å². The van der Waals surface area contributed by atoms with Crippen LogP contribution < -0.4 is 15.4 Å². The summed E-state index contributed by atoms with van der Waals surface area (Å²) >= 11 is 5.62. The van der Waals surface area contributed by atoms with E-state index in [0.717, 1.165) is 25.3 Å². The minimum absolute atomic E-state index is 0.0275. The van der Waals surface area contributed by atoms with Crippen molar-refractivity contribution in [3.05, 3.63) is 29.0 Å². The maximum Gasteiger partial charge on any atom is 0.345 e. The molecule has 0 aliphatic heterocycles. The van der Waals surface area contributed by atoms with Crippen LogP contribution in [0.1, 0.15) is 38.5 Å². The molecule has 0 heterocycles. The lowest BCUT2D eigenvalue weighted by Gasteiger charge is -2.42. The van der Waals surface area contributed by atoms with Crippen molar-refractivity contribution in [2.24, 2.45) is 0 Å². The van der Waals surface area contributed by atoms with Crippen LogP contribution in [0.15, 0.2) is 18.2 Å². The summed E-state index contributed by atoms with van der Waals surface area (Å²) in [5.74, 6) is -1.06. The number of hydrogen-bond acceptors (Lipinski definition) is 5. The summed E-state index contributed by atoms with van der Waals surface area (Å²) in [4.78, 5) is 24.2. The topological polar surface area (TPSA) is 85.9 Å². The lowest BCUT2D eigenvalue weighted by atomic mass is 9.74. The van der Waals surface area contributed by atoms with E-state index in [9.17, 15) is 22.8 Å². The van der Waals surface area contributed by atoms with Crippen molar-refractivity contribution in [2.75, 3.05) is 19.8 Å². The Morgan fingerprint density at radius 3 is 2.53 bits per heavy atom. The molecule has 0 radical (unpaired) electrons. The molecule has 3 rings (SSSR count). The monoisotopic (exact) mass is 478 g/mol. The average Bonchev–Trinajstić information content (AvgIpc) is 2.68. The summed E-state index contributed by atoms with van der Waals surface area (Å²) in [5.41, 5.74) is -0.409. The van der Waals surface area contributed by atoms with Gasteiger partial charge >= 0.3 is 6.61 Å². The molecule has 0 saturated heterocycles. The predicted octanol–water partition coefficient (Wildman–Crippen LogP) is 3.19. The fourth-order valence-corrected chi connectivity index (χ4v) is 3.80.